The number of hydrogen-bond acceptors (Lipinski definition) is 4. The molecule has 0 aliphatic heterocycles. The van der Waals surface area contributed by atoms with Gasteiger partial charge in [0.25, 0.3) is 15.9 Å². The molecule has 30 heavy (non-hydrogen) atoms. The molecule has 0 radical (unpaired) electrons. The lowest BCUT2D eigenvalue weighted by molar-refractivity contribution is 0.0989. The number of para-hydroxylation sites is 1. The molecule has 1 N–H and O–H groups in total. The van der Waals surface area contributed by atoms with Crippen molar-refractivity contribution in [1.29, 1.82) is 0 Å². The summed E-state index contributed by atoms with van der Waals surface area (Å²) in [7, 11) is -2.40. The quantitative estimate of drug-likeness (QED) is 0.571. The fourth-order valence-electron chi connectivity index (χ4n) is 2.88. The molecule has 0 atom stereocenters. The van der Waals surface area contributed by atoms with E-state index in [1.807, 2.05) is 25.1 Å². The number of rotatable bonds is 5. The molecule has 1 heterocycles. The molecule has 1 amide bonds. The van der Waals surface area contributed by atoms with Crippen molar-refractivity contribution in [1.82, 2.24) is 4.98 Å². The number of hydrogen-bond donors (Lipinski definition) is 1. The van der Waals surface area contributed by atoms with E-state index in [0.717, 1.165) is 5.56 Å². The zero-order valence-corrected chi connectivity index (χ0v) is 18.8. The molecule has 3 aromatic rings. The van der Waals surface area contributed by atoms with Crippen molar-refractivity contribution in [3.05, 3.63) is 81.6 Å². The van der Waals surface area contributed by atoms with E-state index < -0.39 is 15.9 Å². The van der Waals surface area contributed by atoms with E-state index >= 15 is 0 Å². The van der Waals surface area contributed by atoms with Gasteiger partial charge in [-0.3, -0.25) is 9.52 Å². The van der Waals surface area contributed by atoms with Crippen LogP contribution in [0.15, 0.2) is 59.6 Å². The van der Waals surface area contributed by atoms with Crippen LogP contribution in [0.3, 0.4) is 0 Å². The summed E-state index contributed by atoms with van der Waals surface area (Å²) in [4.78, 5) is 18.6. The Morgan fingerprint density at radius 1 is 1.03 bits per heavy atom. The molecular formula is C21H19Cl2N3O3S. The zero-order valence-electron chi connectivity index (χ0n) is 16.5. The van der Waals surface area contributed by atoms with Gasteiger partial charge in [-0.25, -0.2) is 13.4 Å². The lowest BCUT2D eigenvalue weighted by Crippen LogP contribution is -2.29. The van der Waals surface area contributed by atoms with Gasteiger partial charge < -0.3 is 4.90 Å². The topological polar surface area (TPSA) is 79.4 Å². The van der Waals surface area contributed by atoms with Crippen LogP contribution in [0.4, 0.5) is 11.4 Å². The molecule has 3 rings (SSSR count). The molecule has 0 bridgehead atoms. The number of nitrogens with zero attached hydrogens (tertiary/aromatic N) is 2. The predicted molar refractivity (Wildman–Crippen MR) is 120 cm³/mol. The van der Waals surface area contributed by atoms with E-state index in [2.05, 4.69) is 9.71 Å². The van der Waals surface area contributed by atoms with Crippen molar-refractivity contribution in [2.75, 3.05) is 16.7 Å². The van der Waals surface area contributed by atoms with Crippen LogP contribution in [0.2, 0.25) is 10.0 Å². The first kappa shape index (κ1) is 22.1. The van der Waals surface area contributed by atoms with Gasteiger partial charge in [-0.1, -0.05) is 41.4 Å². The second-order valence-corrected chi connectivity index (χ2v) is 9.24. The summed E-state index contributed by atoms with van der Waals surface area (Å²) in [6.07, 6.45) is 1.30. The third kappa shape index (κ3) is 4.59. The minimum absolute atomic E-state index is 0.00929. The smallest absolute Gasteiger partial charge is 0.278 e. The van der Waals surface area contributed by atoms with Crippen LogP contribution in [0.5, 0.6) is 0 Å². The summed E-state index contributed by atoms with van der Waals surface area (Å²) in [6, 6.07) is 13.0. The van der Waals surface area contributed by atoms with Crippen molar-refractivity contribution < 1.29 is 13.2 Å². The average molecular weight is 464 g/mol. The van der Waals surface area contributed by atoms with E-state index in [1.165, 1.54) is 35.4 Å². The van der Waals surface area contributed by atoms with Crippen LogP contribution in [0, 0.1) is 13.8 Å². The molecule has 0 fully saturated rings. The number of nitrogens with one attached hydrogen (secondary N) is 1. The number of halogens is 2. The Morgan fingerprint density at radius 3 is 2.40 bits per heavy atom. The van der Waals surface area contributed by atoms with Gasteiger partial charge in [0, 0.05) is 24.0 Å². The second-order valence-electron chi connectivity index (χ2n) is 6.72. The standard InChI is InChI=1S/C21H19Cl2N3O3S/c1-13-6-4-5-7-19(13)26(3)21(27)20-18(11-15(22)12-24-20)25-30(28,29)16-8-9-17(23)14(2)10-16/h4-12,25H,1-3H3. The number of sulfonamides is 1. The number of anilines is 2. The minimum Gasteiger partial charge on any atom is -0.310 e. The molecule has 0 aliphatic rings. The molecule has 0 aliphatic carbocycles. The van der Waals surface area contributed by atoms with Gasteiger partial charge in [-0.15, -0.1) is 0 Å². The van der Waals surface area contributed by atoms with E-state index in [9.17, 15) is 13.2 Å². The van der Waals surface area contributed by atoms with Crippen LogP contribution in [0.1, 0.15) is 21.6 Å². The number of benzene rings is 2. The predicted octanol–water partition coefficient (Wildman–Crippen LogP) is 5.08. The van der Waals surface area contributed by atoms with E-state index in [-0.39, 0.29) is 21.3 Å². The van der Waals surface area contributed by atoms with Crippen molar-refractivity contribution in [2.24, 2.45) is 0 Å². The summed E-state index contributed by atoms with van der Waals surface area (Å²) in [6.45, 7) is 3.58. The Labute approximate surface area is 185 Å². The van der Waals surface area contributed by atoms with Gasteiger partial charge in [0.1, 0.15) is 0 Å². The van der Waals surface area contributed by atoms with Gasteiger partial charge >= 0.3 is 0 Å². The zero-order chi connectivity index (χ0) is 22.1. The highest BCUT2D eigenvalue weighted by molar-refractivity contribution is 7.92. The maximum absolute atomic E-state index is 13.1. The summed E-state index contributed by atoms with van der Waals surface area (Å²) >= 11 is 12.0. The largest absolute Gasteiger partial charge is 0.310 e. The minimum atomic E-state index is -4.00. The first-order valence-corrected chi connectivity index (χ1v) is 11.1. The number of amides is 1. The van der Waals surface area contributed by atoms with Crippen molar-refractivity contribution >= 4 is 50.5 Å². The van der Waals surface area contributed by atoms with Crippen LogP contribution in [0.25, 0.3) is 0 Å². The fraction of sp³-hybridized carbons (Fsp3) is 0.143. The van der Waals surface area contributed by atoms with Gasteiger partial charge in [0.15, 0.2) is 5.69 Å². The maximum atomic E-state index is 13.1. The average Bonchev–Trinajstić information content (AvgIpc) is 2.69. The van der Waals surface area contributed by atoms with Crippen LogP contribution in [-0.4, -0.2) is 26.4 Å². The molecule has 156 valence electrons. The van der Waals surface area contributed by atoms with E-state index in [4.69, 9.17) is 23.2 Å². The molecule has 9 heteroatoms. The highest BCUT2D eigenvalue weighted by atomic mass is 35.5. The van der Waals surface area contributed by atoms with Gasteiger partial charge in [0.05, 0.1) is 15.6 Å². The molecule has 0 saturated carbocycles. The molecule has 0 saturated heterocycles. The third-order valence-electron chi connectivity index (χ3n) is 4.52. The molecule has 0 spiro atoms. The molecule has 1 aromatic heterocycles. The normalized spacial score (nSPS) is 11.2. The number of carbonyl (C=O) groups excluding carboxylic acids is 1. The number of carbonyl (C=O) groups is 1. The second kappa shape index (κ2) is 8.63. The van der Waals surface area contributed by atoms with Crippen LogP contribution >= 0.6 is 23.2 Å². The number of aryl methyl sites for hydroxylation is 2. The number of aromatic nitrogens is 1. The van der Waals surface area contributed by atoms with E-state index in [1.54, 1.807) is 20.0 Å². The van der Waals surface area contributed by atoms with Gasteiger partial charge in [0.2, 0.25) is 0 Å². The first-order valence-electron chi connectivity index (χ1n) is 8.88. The summed E-state index contributed by atoms with van der Waals surface area (Å²) in [5, 5.41) is 0.643. The van der Waals surface area contributed by atoms with Crippen molar-refractivity contribution in [3.63, 3.8) is 0 Å². The van der Waals surface area contributed by atoms with E-state index in [0.29, 0.717) is 16.3 Å². The SMILES string of the molecule is Cc1cc(S(=O)(=O)Nc2cc(Cl)cnc2C(=O)N(C)c2ccccc2C)ccc1Cl. The molecular weight excluding hydrogens is 445 g/mol. The Kier molecular flexibility index (Phi) is 6.36. The first-order chi connectivity index (χ1) is 14.1. The third-order valence-corrected chi connectivity index (χ3v) is 6.52. The summed E-state index contributed by atoms with van der Waals surface area (Å²) in [5.74, 6) is -0.481. The summed E-state index contributed by atoms with van der Waals surface area (Å²) < 4.78 is 28.2. The Morgan fingerprint density at radius 2 is 1.73 bits per heavy atom. The van der Waals surface area contributed by atoms with Gasteiger partial charge in [-0.2, -0.15) is 0 Å². The van der Waals surface area contributed by atoms with Crippen LogP contribution < -0.4 is 9.62 Å². The molecule has 0 unspecified atom stereocenters. The monoisotopic (exact) mass is 463 g/mol. The highest BCUT2D eigenvalue weighted by Gasteiger charge is 2.24. The Balaban J connectivity index is 2.00. The summed E-state index contributed by atoms with van der Waals surface area (Å²) in [5.41, 5.74) is 2.10. The Hall–Kier alpha value is -2.61. The lowest BCUT2D eigenvalue weighted by atomic mass is 10.1. The molecule has 6 nitrogen and oxygen atoms in total. The number of pyridine rings is 1. The fourth-order valence-corrected chi connectivity index (χ4v) is 4.30. The lowest BCUT2D eigenvalue weighted by Gasteiger charge is -2.21. The maximum Gasteiger partial charge on any atom is 0.278 e. The molecule has 2 aromatic carbocycles. The highest BCUT2D eigenvalue weighted by Crippen LogP contribution is 2.27. The van der Waals surface area contributed by atoms with Crippen molar-refractivity contribution in [3.8, 4) is 0 Å². The van der Waals surface area contributed by atoms with Crippen molar-refractivity contribution in [2.45, 2.75) is 18.7 Å². The van der Waals surface area contributed by atoms with Crippen LogP contribution in [-0.2, 0) is 10.0 Å². The van der Waals surface area contributed by atoms with Gasteiger partial charge in [-0.05, 0) is 55.3 Å². The Bertz CT molecular complexity index is 1230.